The van der Waals surface area contributed by atoms with Gasteiger partial charge in [-0.15, -0.1) is 0 Å². The van der Waals surface area contributed by atoms with Crippen LogP contribution in [0.5, 0.6) is 0 Å². The van der Waals surface area contributed by atoms with E-state index in [-0.39, 0.29) is 0 Å². The smallest absolute Gasteiger partial charge is 0.0714 e. The highest BCUT2D eigenvalue weighted by molar-refractivity contribution is 6.23. The molecule has 0 N–H and O–H groups in total. The molecule has 0 atom stereocenters. The molecule has 0 radical (unpaired) electrons. The predicted octanol–water partition coefficient (Wildman–Crippen LogP) is 16.8. The molecule has 11 aromatic rings. The van der Waals surface area contributed by atoms with Crippen LogP contribution in [0.3, 0.4) is 0 Å². The molecule has 0 aromatic heterocycles. The van der Waals surface area contributed by atoms with Crippen LogP contribution in [0.2, 0.25) is 0 Å². The lowest BCUT2D eigenvalue weighted by atomic mass is 9.68. The summed E-state index contributed by atoms with van der Waals surface area (Å²) < 4.78 is 0. The topological polar surface area (TPSA) is 3.24 Å². The lowest BCUT2D eigenvalue weighted by Crippen LogP contribution is -2.28. The van der Waals surface area contributed by atoms with Crippen LogP contribution in [-0.4, -0.2) is 0 Å². The molecule has 0 aliphatic heterocycles. The first-order valence-corrected chi connectivity index (χ1v) is 22.2. The molecule has 0 saturated carbocycles. The van der Waals surface area contributed by atoms with Crippen molar-refractivity contribution in [1.29, 1.82) is 0 Å². The van der Waals surface area contributed by atoms with Crippen LogP contribution in [0.4, 0.5) is 17.1 Å². The maximum absolute atomic E-state index is 2.59. The number of fused-ring (bicyclic) bond motifs is 6. The van der Waals surface area contributed by atoms with Crippen molar-refractivity contribution in [1.82, 2.24) is 0 Å². The first kappa shape index (κ1) is 37.5. The minimum Gasteiger partial charge on any atom is -0.309 e. The Kier molecular flexibility index (Phi) is 9.13. The van der Waals surface area contributed by atoms with E-state index in [4.69, 9.17) is 0 Å². The van der Waals surface area contributed by atoms with E-state index in [1.165, 1.54) is 77.2 Å². The molecule has 0 amide bonds. The summed E-state index contributed by atoms with van der Waals surface area (Å²) >= 11 is 0. The molecule has 64 heavy (non-hydrogen) atoms. The second-order valence-electron chi connectivity index (χ2n) is 16.7. The molecule has 1 nitrogen and oxygen atoms in total. The Labute approximate surface area is 374 Å². The van der Waals surface area contributed by atoms with Gasteiger partial charge in [0.05, 0.1) is 16.8 Å². The summed E-state index contributed by atoms with van der Waals surface area (Å²) in [4.78, 5) is 2.59. The molecular weight excluding hydrogens is 771 g/mol. The molecule has 0 unspecified atom stereocenters. The first-order chi connectivity index (χ1) is 31.8. The van der Waals surface area contributed by atoms with E-state index >= 15 is 0 Å². The van der Waals surface area contributed by atoms with Gasteiger partial charge in [-0.2, -0.15) is 0 Å². The van der Waals surface area contributed by atoms with Crippen molar-refractivity contribution < 1.29 is 0 Å². The number of benzene rings is 11. The van der Waals surface area contributed by atoms with Crippen LogP contribution < -0.4 is 4.90 Å². The summed E-state index contributed by atoms with van der Waals surface area (Å²) in [5.41, 5.74) is 17.4. The predicted molar refractivity (Wildman–Crippen MR) is 270 cm³/mol. The van der Waals surface area contributed by atoms with Crippen LogP contribution in [0.1, 0.15) is 22.3 Å². The Morgan fingerprint density at radius 2 is 0.734 bits per heavy atom. The Morgan fingerprint density at radius 3 is 1.39 bits per heavy atom. The van der Waals surface area contributed by atoms with Gasteiger partial charge in [0.15, 0.2) is 0 Å². The third kappa shape index (κ3) is 5.93. The quantitative estimate of drug-likeness (QED) is 0.138. The summed E-state index contributed by atoms with van der Waals surface area (Å²) in [5, 5.41) is 4.86. The van der Waals surface area contributed by atoms with E-state index in [9.17, 15) is 0 Å². The van der Waals surface area contributed by atoms with E-state index in [0.717, 1.165) is 28.2 Å². The summed E-state index contributed by atoms with van der Waals surface area (Å²) in [6.07, 6.45) is 0. The van der Waals surface area contributed by atoms with Gasteiger partial charge in [-0.05, 0) is 90.0 Å². The number of rotatable bonds is 8. The van der Waals surface area contributed by atoms with Crippen LogP contribution in [0, 0.1) is 0 Å². The SMILES string of the molecule is c1ccc(-c2ccc(-c3c(N(c4cccc(-c5ccccc5)c4)c4cccc5c4-c4ccccc4C5(c4ccccc4)c4ccccc4)c4ccccc4c4ccccc34)cc2)cc1. The highest BCUT2D eigenvalue weighted by atomic mass is 15.2. The fraction of sp³-hybridized carbons (Fsp3) is 0.0159. The zero-order valence-corrected chi connectivity index (χ0v) is 35.3. The van der Waals surface area contributed by atoms with Gasteiger partial charge in [-0.1, -0.05) is 243 Å². The average molecular weight is 814 g/mol. The molecule has 1 heteroatoms. The van der Waals surface area contributed by atoms with Gasteiger partial charge >= 0.3 is 0 Å². The molecule has 1 aliphatic rings. The third-order valence-corrected chi connectivity index (χ3v) is 13.3. The van der Waals surface area contributed by atoms with Crippen molar-refractivity contribution in [3.63, 3.8) is 0 Å². The second-order valence-corrected chi connectivity index (χ2v) is 16.7. The summed E-state index contributed by atoms with van der Waals surface area (Å²) in [6.45, 7) is 0. The van der Waals surface area contributed by atoms with Gasteiger partial charge in [-0.3, -0.25) is 0 Å². The fourth-order valence-electron chi connectivity index (χ4n) is 10.6. The Bertz CT molecular complexity index is 3430. The zero-order chi connectivity index (χ0) is 42.5. The molecule has 11 aromatic carbocycles. The van der Waals surface area contributed by atoms with Gasteiger partial charge in [0.1, 0.15) is 0 Å². The Balaban J connectivity index is 1.22. The molecule has 0 spiro atoms. The number of nitrogens with zero attached hydrogens (tertiary/aromatic N) is 1. The second kappa shape index (κ2) is 15.6. The summed E-state index contributed by atoms with van der Waals surface area (Å²) in [7, 11) is 0. The van der Waals surface area contributed by atoms with Crippen LogP contribution in [0.25, 0.3) is 66.1 Å². The van der Waals surface area contributed by atoms with Gasteiger partial charge in [-0.25, -0.2) is 0 Å². The Morgan fingerprint density at radius 1 is 0.281 bits per heavy atom. The van der Waals surface area contributed by atoms with Crippen LogP contribution >= 0.6 is 0 Å². The highest BCUT2D eigenvalue weighted by Gasteiger charge is 2.47. The van der Waals surface area contributed by atoms with E-state index < -0.39 is 5.41 Å². The number of hydrogen-bond acceptors (Lipinski definition) is 1. The number of hydrogen-bond donors (Lipinski definition) is 0. The van der Waals surface area contributed by atoms with Gasteiger partial charge in [0.2, 0.25) is 0 Å². The summed E-state index contributed by atoms with van der Waals surface area (Å²) in [6, 6.07) is 96.0. The van der Waals surface area contributed by atoms with Gasteiger partial charge in [0.25, 0.3) is 0 Å². The van der Waals surface area contributed by atoms with Crippen molar-refractivity contribution in [2.24, 2.45) is 0 Å². The number of anilines is 3. The highest BCUT2D eigenvalue weighted by Crippen LogP contribution is 2.60. The lowest BCUT2D eigenvalue weighted by molar-refractivity contribution is 0.768. The molecule has 1 aliphatic carbocycles. The Hall–Kier alpha value is -8.26. The largest absolute Gasteiger partial charge is 0.309 e. The molecule has 0 heterocycles. The van der Waals surface area contributed by atoms with Crippen molar-refractivity contribution in [2.75, 3.05) is 4.90 Å². The van der Waals surface area contributed by atoms with E-state index in [1.807, 2.05) is 0 Å². The fourth-order valence-corrected chi connectivity index (χ4v) is 10.6. The van der Waals surface area contributed by atoms with Gasteiger partial charge < -0.3 is 4.90 Å². The van der Waals surface area contributed by atoms with Gasteiger partial charge in [0, 0.05) is 22.2 Å². The van der Waals surface area contributed by atoms with Crippen molar-refractivity contribution in [2.45, 2.75) is 5.41 Å². The van der Waals surface area contributed by atoms with Crippen molar-refractivity contribution >= 4 is 38.6 Å². The molecule has 300 valence electrons. The van der Waals surface area contributed by atoms with E-state index in [1.54, 1.807) is 0 Å². The zero-order valence-electron chi connectivity index (χ0n) is 35.3. The molecule has 0 saturated heterocycles. The minimum atomic E-state index is -0.552. The standard InChI is InChI=1S/C63H43N/c1-5-21-44(22-6-1)46-39-41-47(42-40-46)60-54-33-15-13-31-52(54)53-32-14-16-34-55(53)62(60)64(51-30-19-25-48(43-51)45-23-7-2-8-24-45)59-38-20-37-58-61(59)56-35-17-18-36-57(56)63(58,49-26-9-3-10-27-49)50-28-11-4-12-29-50/h1-43H. The molecular formula is C63H43N. The van der Waals surface area contributed by atoms with Crippen molar-refractivity contribution in [3.8, 4) is 44.5 Å². The van der Waals surface area contributed by atoms with Crippen molar-refractivity contribution in [3.05, 3.63) is 283 Å². The third-order valence-electron chi connectivity index (χ3n) is 13.3. The van der Waals surface area contributed by atoms with E-state index in [0.29, 0.717) is 0 Å². The minimum absolute atomic E-state index is 0.552. The molecule has 0 bridgehead atoms. The van der Waals surface area contributed by atoms with E-state index in [2.05, 4.69) is 266 Å². The maximum atomic E-state index is 2.59. The molecule has 0 fully saturated rings. The normalized spacial score (nSPS) is 12.5. The van der Waals surface area contributed by atoms with Crippen LogP contribution in [-0.2, 0) is 5.41 Å². The lowest BCUT2D eigenvalue weighted by Gasteiger charge is -2.35. The average Bonchev–Trinajstić information content (AvgIpc) is 3.69. The molecule has 12 rings (SSSR count). The maximum Gasteiger partial charge on any atom is 0.0714 e. The van der Waals surface area contributed by atoms with Crippen LogP contribution in [0.15, 0.2) is 261 Å². The first-order valence-electron chi connectivity index (χ1n) is 22.2. The monoisotopic (exact) mass is 813 g/mol. The summed E-state index contributed by atoms with van der Waals surface area (Å²) in [5.74, 6) is 0.